The molecule has 5 heteroatoms. The first-order chi connectivity index (χ1) is 9.58. The Hall–Kier alpha value is -2.01. The van der Waals surface area contributed by atoms with Crippen molar-refractivity contribution >= 4 is 28.6 Å². The molecule has 0 spiro atoms. The lowest BCUT2D eigenvalue weighted by molar-refractivity contribution is 0.0691. The fourth-order valence-corrected chi connectivity index (χ4v) is 2.57. The van der Waals surface area contributed by atoms with Crippen molar-refractivity contribution in [2.24, 2.45) is 0 Å². The summed E-state index contributed by atoms with van der Waals surface area (Å²) < 4.78 is 0. The van der Waals surface area contributed by atoms with Gasteiger partial charge in [-0.3, -0.25) is 0 Å². The van der Waals surface area contributed by atoms with Gasteiger partial charge in [-0.15, -0.1) is 11.8 Å². The average molecular weight is 288 g/mol. The SMILES string of the molecule is CC1=CSCN1C.O=C(O)c1ccc2ccccc2n1. The van der Waals surface area contributed by atoms with Crippen LogP contribution in [0.2, 0.25) is 0 Å². The molecule has 1 aromatic heterocycles. The highest BCUT2D eigenvalue weighted by Gasteiger charge is 2.04. The molecule has 20 heavy (non-hydrogen) atoms. The second-order valence-corrected chi connectivity index (χ2v) is 5.27. The van der Waals surface area contributed by atoms with Gasteiger partial charge in [0, 0.05) is 18.1 Å². The van der Waals surface area contributed by atoms with Crippen LogP contribution in [0.3, 0.4) is 0 Å². The van der Waals surface area contributed by atoms with E-state index in [1.807, 2.05) is 30.0 Å². The number of pyridine rings is 1. The summed E-state index contributed by atoms with van der Waals surface area (Å²) in [6.07, 6.45) is 0. The van der Waals surface area contributed by atoms with Gasteiger partial charge in [0.15, 0.2) is 0 Å². The minimum absolute atomic E-state index is 0.0821. The maximum atomic E-state index is 10.6. The Bertz CT molecular complexity index is 655. The zero-order valence-corrected chi connectivity index (χ0v) is 12.2. The van der Waals surface area contributed by atoms with Crippen LogP contribution in [0.15, 0.2) is 47.5 Å². The zero-order valence-electron chi connectivity index (χ0n) is 11.4. The van der Waals surface area contributed by atoms with Crippen LogP contribution in [0.25, 0.3) is 10.9 Å². The van der Waals surface area contributed by atoms with Crippen molar-refractivity contribution < 1.29 is 9.90 Å². The minimum Gasteiger partial charge on any atom is -0.477 e. The van der Waals surface area contributed by atoms with Gasteiger partial charge >= 0.3 is 5.97 Å². The zero-order chi connectivity index (χ0) is 14.5. The largest absolute Gasteiger partial charge is 0.477 e. The minimum atomic E-state index is -0.995. The smallest absolute Gasteiger partial charge is 0.354 e. The van der Waals surface area contributed by atoms with E-state index >= 15 is 0 Å². The summed E-state index contributed by atoms with van der Waals surface area (Å²) in [6.45, 7) is 2.12. The van der Waals surface area contributed by atoms with Gasteiger partial charge in [0.05, 0.1) is 11.4 Å². The van der Waals surface area contributed by atoms with Crippen molar-refractivity contribution in [3.8, 4) is 0 Å². The van der Waals surface area contributed by atoms with E-state index in [2.05, 4.69) is 29.3 Å². The van der Waals surface area contributed by atoms with E-state index < -0.39 is 5.97 Å². The molecule has 2 heterocycles. The molecule has 0 atom stereocenters. The molecule has 1 aliphatic heterocycles. The number of carboxylic acids is 1. The van der Waals surface area contributed by atoms with Crippen LogP contribution < -0.4 is 0 Å². The van der Waals surface area contributed by atoms with Crippen LogP contribution in [0, 0.1) is 0 Å². The summed E-state index contributed by atoms with van der Waals surface area (Å²) in [7, 11) is 2.10. The Morgan fingerprint density at radius 3 is 2.60 bits per heavy atom. The molecule has 104 valence electrons. The highest BCUT2D eigenvalue weighted by atomic mass is 32.2. The van der Waals surface area contributed by atoms with E-state index in [0.717, 1.165) is 11.3 Å². The molecule has 2 aromatic rings. The first kappa shape index (κ1) is 14.4. The molecule has 0 saturated carbocycles. The number of aromatic carboxylic acids is 1. The quantitative estimate of drug-likeness (QED) is 0.871. The average Bonchev–Trinajstić information content (AvgIpc) is 2.83. The van der Waals surface area contributed by atoms with Crippen molar-refractivity contribution in [3.63, 3.8) is 0 Å². The van der Waals surface area contributed by atoms with Crippen LogP contribution in [0.5, 0.6) is 0 Å². The predicted octanol–water partition coefficient (Wildman–Crippen LogP) is 3.42. The number of benzene rings is 1. The molecule has 4 nitrogen and oxygen atoms in total. The number of para-hydroxylation sites is 1. The highest BCUT2D eigenvalue weighted by molar-refractivity contribution is 8.02. The lowest BCUT2D eigenvalue weighted by atomic mass is 10.2. The molecular weight excluding hydrogens is 272 g/mol. The van der Waals surface area contributed by atoms with Crippen molar-refractivity contribution in [1.29, 1.82) is 0 Å². The number of nitrogens with zero attached hydrogens (tertiary/aromatic N) is 2. The van der Waals surface area contributed by atoms with Crippen LogP contribution in [-0.4, -0.2) is 33.9 Å². The molecule has 1 aliphatic rings. The van der Waals surface area contributed by atoms with Gasteiger partial charge in [-0.2, -0.15) is 0 Å². The fourth-order valence-electron chi connectivity index (χ4n) is 1.65. The fraction of sp³-hybridized carbons (Fsp3) is 0.200. The highest BCUT2D eigenvalue weighted by Crippen LogP contribution is 2.19. The number of carboxylic acid groups (broad SMARTS) is 1. The van der Waals surface area contributed by atoms with Crippen molar-refractivity contribution in [2.75, 3.05) is 12.9 Å². The molecule has 0 amide bonds. The topological polar surface area (TPSA) is 53.4 Å². The lowest BCUT2D eigenvalue weighted by Crippen LogP contribution is -2.08. The van der Waals surface area contributed by atoms with Gasteiger partial charge in [-0.1, -0.05) is 24.3 Å². The first-order valence-corrected chi connectivity index (χ1v) is 7.21. The van der Waals surface area contributed by atoms with Gasteiger partial charge in [-0.05, 0) is 24.5 Å². The molecule has 0 saturated heterocycles. The monoisotopic (exact) mass is 288 g/mol. The van der Waals surface area contributed by atoms with E-state index in [0.29, 0.717) is 5.52 Å². The maximum absolute atomic E-state index is 10.6. The molecule has 0 aliphatic carbocycles. The molecule has 1 aromatic carbocycles. The Morgan fingerprint density at radius 1 is 1.30 bits per heavy atom. The second-order valence-electron chi connectivity index (χ2n) is 4.45. The van der Waals surface area contributed by atoms with Gasteiger partial charge < -0.3 is 10.0 Å². The van der Waals surface area contributed by atoms with Gasteiger partial charge in [0.2, 0.25) is 0 Å². The Kier molecular flexibility index (Phi) is 4.63. The lowest BCUT2D eigenvalue weighted by Gasteiger charge is -2.09. The molecule has 0 radical (unpaired) electrons. The van der Waals surface area contributed by atoms with Crippen LogP contribution in [-0.2, 0) is 0 Å². The van der Waals surface area contributed by atoms with Crippen LogP contribution in [0.1, 0.15) is 17.4 Å². The number of carbonyl (C=O) groups is 1. The van der Waals surface area contributed by atoms with Crippen molar-refractivity contribution in [2.45, 2.75) is 6.92 Å². The molecule has 1 N–H and O–H groups in total. The molecular formula is C15H16N2O2S. The number of hydrogen-bond donors (Lipinski definition) is 1. The third kappa shape index (κ3) is 3.51. The van der Waals surface area contributed by atoms with E-state index in [-0.39, 0.29) is 5.69 Å². The summed E-state index contributed by atoms with van der Waals surface area (Å²) in [4.78, 5) is 16.8. The van der Waals surface area contributed by atoms with Crippen molar-refractivity contribution in [1.82, 2.24) is 9.88 Å². The Labute approximate surface area is 122 Å². The number of hydrogen-bond acceptors (Lipinski definition) is 4. The molecule has 0 fully saturated rings. The Morgan fingerprint density at radius 2 is 2.05 bits per heavy atom. The summed E-state index contributed by atoms with van der Waals surface area (Å²) in [5, 5.41) is 11.8. The van der Waals surface area contributed by atoms with E-state index in [1.165, 1.54) is 11.8 Å². The number of allylic oxidation sites excluding steroid dienone is 1. The predicted molar refractivity (Wildman–Crippen MR) is 82.7 cm³/mol. The molecule has 0 bridgehead atoms. The number of thioether (sulfide) groups is 1. The number of aromatic nitrogens is 1. The van der Waals surface area contributed by atoms with Crippen LogP contribution in [0.4, 0.5) is 0 Å². The maximum Gasteiger partial charge on any atom is 0.354 e. The number of fused-ring (bicyclic) bond motifs is 1. The molecule has 0 unspecified atom stereocenters. The van der Waals surface area contributed by atoms with Gasteiger partial charge in [-0.25, -0.2) is 9.78 Å². The van der Waals surface area contributed by atoms with E-state index in [4.69, 9.17) is 5.11 Å². The number of rotatable bonds is 1. The standard InChI is InChI=1S/C10H7NO2.C5H9NS/c12-10(13)9-6-5-7-3-1-2-4-8(7)11-9;1-5-3-7-4-6(5)2/h1-6H,(H,12,13);3H,4H2,1-2H3. The first-order valence-electron chi connectivity index (χ1n) is 6.16. The molecule has 3 rings (SSSR count). The van der Waals surface area contributed by atoms with E-state index in [1.54, 1.807) is 12.1 Å². The van der Waals surface area contributed by atoms with Gasteiger partial charge in [0.1, 0.15) is 5.69 Å². The van der Waals surface area contributed by atoms with Crippen molar-refractivity contribution in [3.05, 3.63) is 53.2 Å². The Balaban J connectivity index is 0.000000178. The summed E-state index contributed by atoms with van der Waals surface area (Å²) in [5.41, 5.74) is 2.17. The van der Waals surface area contributed by atoms with E-state index in [9.17, 15) is 4.79 Å². The third-order valence-electron chi connectivity index (χ3n) is 2.94. The summed E-state index contributed by atoms with van der Waals surface area (Å²) in [6, 6.07) is 10.7. The van der Waals surface area contributed by atoms with Crippen LogP contribution >= 0.6 is 11.8 Å². The second kappa shape index (κ2) is 6.43. The normalized spacial score (nSPS) is 13.7. The summed E-state index contributed by atoms with van der Waals surface area (Å²) in [5.74, 6) is 0.136. The summed E-state index contributed by atoms with van der Waals surface area (Å²) >= 11 is 1.85. The third-order valence-corrected chi connectivity index (χ3v) is 3.99. The van der Waals surface area contributed by atoms with Gasteiger partial charge in [0.25, 0.3) is 0 Å².